The number of esters is 1. The first-order valence-electron chi connectivity index (χ1n) is 5.27. The number of hydrogen-bond donors (Lipinski definition) is 1. The molecule has 0 aliphatic rings. The Morgan fingerprint density at radius 3 is 2.53 bits per heavy atom. The van der Waals surface area contributed by atoms with Gasteiger partial charge in [0.25, 0.3) is 0 Å². The lowest BCUT2D eigenvalue weighted by Gasteiger charge is -2.05. The highest BCUT2D eigenvalue weighted by Crippen LogP contribution is 2.05. The average Bonchev–Trinajstić information content (AvgIpc) is 2.30. The minimum atomic E-state index is -0.475. The molecule has 0 aliphatic heterocycles. The Labute approximate surface area is 100 Å². The lowest BCUT2D eigenvalue weighted by molar-refractivity contribution is -0.139. The Kier molecular flexibility index (Phi) is 4.94. The van der Waals surface area contributed by atoms with Crippen LogP contribution in [0.25, 0.3) is 0 Å². The van der Waals surface area contributed by atoms with Crippen molar-refractivity contribution < 1.29 is 14.3 Å². The Morgan fingerprint density at radius 2 is 1.94 bits per heavy atom. The van der Waals surface area contributed by atoms with Crippen molar-refractivity contribution in [1.82, 2.24) is 0 Å². The highest BCUT2D eigenvalue weighted by atomic mass is 16.5. The molecule has 0 saturated heterocycles. The summed E-state index contributed by atoms with van der Waals surface area (Å²) in [5, 5.41) is 2.69. The van der Waals surface area contributed by atoms with Crippen LogP contribution in [-0.2, 0) is 14.3 Å². The van der Waals surface area contributed by atoms with Gasteiger partial charge in [-0.3, -0.25) is 4.79 Å². The fourth-order valence-corrected chi connectivity index (χ4v) is 1.10. The third kappa shape index (κ3) is 4.97. The van der Waals surface area contributed by atoms with E-state index < -0.39 is 5.97 Å². The van der Waals surface area contributed by atoms with Gasteiger partial charge in [-0.15, -0.1) is 0 Å². The van der Waals surface area contributed by atoms with Crippen LogP contribution in [0.5, 0.6) is 0 Å². The zero-order chi connectivity index (χ0) is 12.7. The average molecular weight is 233 g/mol. The zero-order valence-electron chi connectivity index (χ0n) is 9.73. The summed E-state index contributed by atoms with van der Waals surface area (Å²) in [6, 6.07) is 9.10. The van der Waals surface area contributed by atoms with Gasteiger partial charge >= 0.3 is 5.97 Å². The maximum atomic E-state index is 11.4. The van der Waals surface area contributed by atoms with Crippen LogP contribution in [0.1, 0.15) is 13.3 Å². The van der Waals surface area contributed by atoms with E-state index in [0.717, 1.165) is 5.69 Å². The molecule has 1 N–H and O–H groups in total. The molecule has 1 aromatic carbocycles. The van der Waals surface area contributed by atoms with E-state index in [-0.39, 0.29) is 18.9 Å². The smallest absolute Gasteiger partial charge is 0.333 e. The number of nitrogens with one attached hydrogen (secondary N) is 1. The van der Waals surface area contributed by atoms with Crippen LogP contribution in [-0.4, -0.2) is 18.5 Å². The van der Waals surface area contributed by atoms with Crippen LogP contribution in [0.4, 0.5) is 5.69 Å². The van der Waals surface area contributed by atoms with Gasteiger partial charge in [0, 0.05) is 11.3 Å². The number of ether oxygens (including phenoxy) is 1. The molecule has 0 aromatic heterocycles. The summed E-state index contributed by atoms with van der Waals surface area (Å²) in [6.07, 6.45) is 0.133. The van der Waals surface area contributed by atoms with Gasteiger partial charge in [0.05, 0.1) is 6.42 Å². The highest BCUT2D eigenvalue weighted by molar-refractivity contribution is 5.91. The molecule has 1 aromatic rings. The van der Waals surface area contributed by atoms with E-state index in [1.807, 2.05) is 18.2 Å². The van der Waals surface area contributed by atoms with Gasteiger partial charge in [0.2, 0.25) is 5.91 Å². The minimum Gasteiger partial charge on any atom is -0.462 e. The lowest BCUT2D eigenvalue weighted by atomic mass is 10.3. The molecule has 0 heterocycles. The molecule has 0 spiro atoms. The van der Waals surface area contributed by atoms with Gasteiger partial charge in [-0.25, -0.2) is 4.79 Å². The van der Waals surface area contributed by atoms with E-state index in [2.05, 4.69) is 11.9 Å². The Hall–Kier alpha value is -2.10. The number of anilines is 1. The van der Waals surface area contributed by atoms with Crippen molar-refractivity contribution >= 4 is 17.6 Å². The number of benzene rings is 1. The second-order valence-electron chi connectivity index (χ2n) is 3.58. The largest absolute Gasteiger partial charge is 0.462 e. The van der Waals surface area contributed by atoms with Crippen molar-refractivity contribution in [1.29, 1.82) is 0 Å². The Morgan fingerprint density at radius 1 is 1.29 bits per heavy atom. The molecule has 90 valence electrons. The summed E-state index contributed by atoms with van der Waals surface area (Å²) in [6.45, 7) is 5.07. The maximum absolute atomic E-state index is 11.4. The van der Waals surface area contributed by atoms with E-state index in [1.54, 1.807) is 19.1 Å². The first kappa shape index (κ1) is 13.0. The van der Waals surface area contributed by atoms with Crippen molar-refractivity contribution in [3.63, 3.8) is 0 Å². The van der Waals surface area contributed by atoms with Crippen molar-refractivity contribution in [2.24, 2.45) is 0 Å². The molecule has 4 nitrogen and oxygen atoms in total. The summed E-state index contributed by atoms with van der Waals surface area (Å²) >= 11 is 0. The molecule has 17 heavy (non-hydrogen) atoms. The van der Waals surface area contributed by atoms with E-state index in [9.17, 15) is 9.59 Å². The van der Waals surface area contributed by atoms with E-state index in [0.29, 0.717) is 5.57 Å². The SMILES string of the molecule is C=C(C)C(=O)OCCC(=O)Nc1ccccc1. The summed E-state index contributed by atoms with van der Waals surface area (Å²) in [5.41, 5.74) is 1.05. The zero-order valence-corrected chi connectivity index (χ0v) is 9.73. The number of amides is 1. The van der Waals surface area contributed by atoms with Crippen LogP contribution < -0.4 is 5.32 Å². The standard InChI is InChI=1S/C13H15NO3/c1-10(2)13(16)17-9-8-12(15)14-11-6-4-3-5-7-11/h3-7H,1,8-9H2,2H3,(H,14,15). The minimum absolute atomic E-state index is 0.0599. The lowest BCUT2D eigenvalue weighted by Crippen LogP contribution is -2.16. The molecule has 1 amide bonds. The van der Waals surface area contributed by atoms with Crippen LogP contribution in [0.2, 0.25) is 0 Å². The maximum Gasteiger partial charge on any atom is 0.333 e. The van der Waals surface area contributed by atoms with E-state index >= 15 is 0 Å². The number of para-hydroxylation sites is 1. The van der Waals surface area contributed by atoms with Gasteiger partial charge in [0.1, 0.15) is 6.61 Å². The second-order valence-corrected chi connectivity index (χ2v) is 3.58. The molecule has 0 saturated carbocycles. The molecule has 0 bridgehead atoms. The van der Waals surface area contributed by atoms with Gasteiger partial charge in [-0.05, 0) is 19.1 Å². The number of carbonyl (C=O) groups excluding carboxylic acids is 2. The van der Waals surface area contributed by atoms with Crippen LogP contribution in [0.3, 0.4) is 0 Å². The fraction of sp³-hybridized carbons (Fsp3) is 0.231. The quantitative estimate of drug-likeness (QED) is 0.626. The predicted octanol–water partition coefficient (Wildman–Crippen LogP) is 2.13. The fourth-order valence-electron chi connectivity index (χ4n) is 1.10. The van der Waals surface area contributed by atoms with E-state index in [4.69, 9.17) is 4.74 Å². The first-order valence-corrected chi connectivity index (χ1v) is 5.27. The third-order valence-electron chi connectivity index (χ3n) is 1.97. The van der Waals surface area contributed by atoms with Crippen LogP contribution in [0.15, 0.2) is 42.5 Å². The molecule has 0 unspecified atom stereocenters. The monoisotopic (exact) mass is 233 g/mol. The Bertz CT molecular complexity index is 412. The van der Waals surface area contributed by atoms with Crippen molar-refractivity contribution in [3.05, 3.63) is 42.5 Å². The molecule has 0 radical (unpaired) electrons. The molecule has 0 atom stereocenters. The highest BCUT2D eigenvalue weighted by Gasteiger charge is 2.06. The van der Waals surface area contributed by atoms with Gasteiger partial charge in [-0.2, -0.15) is 0 Å². The van der Waals surface area contributed by atoms with Gasteiger partial charge in [0.15, 0.2) is 0 Å². The normalized spacial score (nSPS) is 9.47. The summed E-state index contributed by atoms with van der Waals surface area (Å²) in [4.78, 5) is 22.5. The van der Waals surface area contributed by atoms with Gasteiger partial charge in [-0.1, -0.05) is 24.8 Å². The molecular weight excluding hydrogens is 218 g/mol. The van der Waals surface area contributed by atoms with Gasteiger partial charge < -0.3 is 10.1 Å². The van der Waals surface area contributed by atoms with Crippen LogP contribution >= 0.6 is 0 Å². The van der Waals surface area contributed by atoms with Crippen molar-refractivity contribution in [3.8, 4) is 0 Å². The summed E-state index contributed by atoms with van der Waals surface area (Å²) < 4.78 is 4.81. The molecule has 4 heteroatoms. The molecule has 1 rings (SSSR count). The molecular formula is C13H15NO3. The second kappa shape index (κ2) is 6.48. The van der Waals surface area contributed by atoms with Crippen LogP contribution in [0, 0.1) is 0 Å². The topological polar surface area (TPSA) is 55.4 Å². The first-order chi connectivity index (χ1) is 8.09. The summed E-state index contributed by atoms with van der Waals surface area (Å²) in [5.74, 6) is -0.664. The van der Waals surface area contributed by atoms with Crippen molar-refractivity contribution in [2.75, 3.05) is 11.9 Å². The Balaban J connectivity index is 2.27. The van der Waals surface area contributed by atoms with Crippen molar-refractivity contribution in [2.45, 2.75) is 13.3 Å². The summed E-state index contributed by atoms with van der Waals surface area (Å²) in [7, 11) is 0. The molecule has 0 aliphatic carbocycles. The predicted molar refractivity (Wildman–Crippen MR) is 65.5 cm³/mol. The number of rotatable bonds is 5. The number of carbonyl (C=O) groups is 2. The van der Waals surface area contributed by atoms with E-state index in [1.165, 1.54) is 0 Å². The number of hydrogen-bond acceptors (Lipinski definition) is 3. The molecule has 0 fully saturated rings. The third-order valence-corrected chi connectivity index (χ3v) is 1.97.